The Bertz CT molecular complexity index is 3140. The lowest BCUT2D eigenvalue weighted by Gasteiger charge is -2.32. The first kappa shape index (κ1) is 31.7. The minimum absolute atomic E-state index is 0.655. The van der Waals surface area contributed by atoms with Crippen LogP contribution in [0.2, 0.25) is 0 Å². The second-order valence-electron chi connectivity index (χ2n) is 16.0. The van der Waals surface area contributed by atoms with E-state index in [1.54, 1.807) is 0 Å². The number of hydrogen-bond donors (Lipinski definition) is 0. The highest BCUT2D eigenvalue weighted by atomic mass is 15.1. The van der Waals surface area contributed by atoms with Gasteiger partial charge in [-0.3, -0.25) is 0 Å². The summed E-state index contributed by atoms with van der Waals surface area (Å²) in [6.45, 7) is 1.01. The Morgan fingerprint density at radius 3 is 1.84 bits per heavy atom. The van der Waals surface area contributed by atoms with Crippen molar-refractivity contribution in [2.45, 2.75) is 32.1 Å². The van der Waals surface area contributed by atoms with Crippen molar-refractivity contribution in [1.29, 1.82) is 0 Å². The third-order valence-corrected chi connectivity index (χ3v) is 12.9. The summed E-state index contributed by atoms with van der Waals surface area (Å²) in [6.07, 6.45) is 6.58. The molecule has 3 nitrogen and oxygen atoms in total. The molecule has 0 radical (unpaired) electrons. The normalized spacial score (nSPS) is 14.1. The van der Waals surface area contributed by atoms with Gasteiger partial charge in [-0.1, -0.05) is 122 Å². The van der Waals surface area contributed by atoms with E-state index in [2.05, 4.69) is 184 Å². The smallest absolute Gasteiger partial charge is 0.0561 e. The quantitative estimate of drug-likeness (QED) is 0.167. The van der Waals surface area contributed by atoms with Crippen molar-refractivity contribution in [3.8, 4) is 33.6 Å². The molecule has 0 spiro atoms. The maximum Gasteiger partial charge on any atom is 0.0561 e. The molecule has 2 aliphatic carbocycles. The molecule has 1 saturated carbocycles. The van der Waals surface area contributed by atoms with Gasteiger partial charge in [0.15, 0.2) is 0 Å². The molecule has 0 aliphatic heterocycles. The zero-order chi connectivity index (χ0) is 36.7. The van der Waals surface area contributed by atoms with E-state index in [0.717, 1.165) is 6.54 Å². The minimum Gasteiger partial charge on any atom is -0.341 e. The van der Waals surface area contributed by atoms with Crippen LogP contribution in [0.3, 0.4) is 0 Å². The topological polar surface area (TPSA) is 13.1 Å². The van der Waals surface area contributed by atoms with Crippen LogP contribution >= 0.6 is 0 Å². The molecule has 12 rings (SSSR count). The Hall–Kier alpha value is -6.58. The molecule has 56 heavy (non-hydrogen) atoms. The lowest BCUT2D eigenvalue weighted by Crippen LogP contribution is -2.26. The van der Waals surface area contributed by atoms with E-state index in [9.17, 15) is 0 Å². The van der Waals surface area contributed by atoms with Crippen LogP contribution in [0.5, 0.6) is 0 Å². The fourth-order valence-corrected chi connectivity index (χ4v) is 10.4. The lowest BCUT2D eigenvalue weighted by molar-refractivity contribution is 0.365. The van der Waals surface area contributed by atoms with Gasteiger partial charge in [-0.15, -0.1) is 0 Å². The highest BCUT2D eigenvalue weighted by Gasteiger charge is 2.27. The number of hydrogen-bond acceptors (Lipinski definition) is 1. The van der Waals surface area contributed by atoms with E-state index in [1.165, 1.54) is 131 Å². The first-order valence-corrected chi connectivity index (χ1v) is 20.4. The average Bonchev–Trinajstić information content (AvgIpc) is 3.75. The number of para-hydroxylation sites is 3. The van der Waals surface area contributed by atoms with Gasteiger partial charge >= 0.3 is 0 Å². The molecule has 0 atom stereocenters. The summed E-state index contributed by atoms with van der Waals surface area (Å²) in [5, 5.41) is 7.91. The molecule has 10 aromatic rings. The Labute approximate surface area is 326 Å². The molecule has 0 unspecified atom stereocenters. The van der Waals surface area contributed by atoms with Gasteiger partial charge in [0.25, 0.3) is 0 Å². The molecule has 0 amide bonds. The highest BCUT2D eigenvalue weighted by Crippen LogP contribution is 2.51. The van der Waals surface area contributed by atoms with Crippen molar-refractivity contribution >= 4 is 65.8 Å². The molecule has 2 aliphatic rings. The van der Waals surface area contributed by atoms with E-state index in [0.29, 0.717) is 5.92 Å². The number of benzene rings is 8. The second-order valence-corrected chi connectivity index (χ2v) is 16.0. The molecule has 0 bridgehead atoms. The Morgan fingerprint density at radius 2 is 1.04 bits per heavy atom. The molecule has 1 fully saturated rings. The molecule has 8 aromatic carbocycles. The number of rotatable bonds is 6. The third kappa shape index (κ3) is 4.70. The van der Waals surface area contributed by atoms with Gasteiger partial charge in [-0.05, 0) is 119 Å². The van der Waals surface area contributed by atoms with E-state index < -0.39 is 0 Å². The van der Waals surface area contributed by atoms with Gasteiger partial charge in [0.05, 0.1) is 22.1 Å². The summed E-state index contributed by atoms with van der Waals surface area (Å²) in [4.78, 5) is 2.64. The molecule has 2 aromatic heterocycles. The Kier molecular flexibility index (Phi) is 7.07. The van der Waals surface area contributed by atoms with E-state index in [4.69, 9.17) is 0 Å². The maximum atomic E-state index is 2.64. The van der Waals surface area contributed by atoms with Crippen LogP contribution < -0.4 is 4.90 Å². The van der Waals surface area contributed by atoms with Crippen LogP contribution in [-0.4, -0.2) is 15.7 Å². The van der Waals surface area contributed by atoms with Crippen LogP contribution in [-0.2, 0) is 0 Å². The van der Waals surface area contributed by atoms with Gasteiger partial charge in [0.1, 0.15) is 0 Å². The molecule has 3 heteroatoms. The summed E-state index contributed by atoms with van der Waals surface area (Å²) in [5.74, 6) is 0.655. The first-order chi connectivity index (χ1) is 27.8. The zero-order valence-electron chi connectivity index (χ0n) is 31.3. The van der Waals surface area contributed by atoms with E-state index >= 15 is 0 Å². The van der Waals surface area contributed by atoms with E-state index in [1.807, 2.05) is 0 Å². The zero-order valence-corrected chi connectivity index (χ0v) is 31.3. The predicted octanol–water partition coefficient (Wildman–Crippen LogP) is 14.4. The van der Waals surface area contributed by atoms with Gasteiger partial charge in [0.2, 0.25) is 0 Å². The molecule has 268 valence electrons. The summed E-state index contributed by atoms with van der Waals surface area (Å²) in [7, 11) is 0. The maximum absolute atomic E-state index is 2.64. The summed E-state index contributed by atoms with van der Waals surface area (Å²) in [6, 6.07) is 63.5. The number of anilines is 2. The molecule has 0 N–H and O–H groups in total. The fraction of sp³-hybridized carbons (Fsp3) is 0.132. The van der Waals surface area contributed by atoms with Crippen LogP contribution in [0.1, 0.15) is 32.1 Å². The van der Waals surface area contributed by atoms with Gasteiger partial charge in [-0.25, -0.2) is 0 Å². The van der Waals surface area contributed by atoms with E-state index in [-0.39, 0.29) is 0 Å². The van der Waals surface area contributed by atoms with Gasteiger partial charge in [-0.2, -0.15) is 0 Å². The first-order valence-electron chi connectivity index (χ1n) is 20.4. The van der Waals surface area contributed by atoms with Crippen LogP contribution in [0, 0.1) is 5.92 Å². The van der Waals surface area contributed by atoms with Crippen molar-refractivity contribution < 1.29 is 0 Å². The summed E-state index contributed by atoms with van der Waals surface area (Å²) >= 11 is 0. The molecule has 0 saturated heterocycles. The summed E-state index contributed by atoms with van der Waals surface area (Å²) < 4.78 is 4.91. The Balaban J connectivity index is 1.09. The third-order valence-electron chi connectivity index (χ3n) is 12.9. The fourth-order valence-electron chi connectivity index (χ4n) is 10.4. The van der Waals surface area contributed by atoms with Crippen LogP contribution in [0.15, 0.2) is 170 Å². The van der Waals surface area contributed by atoms with Gasteiger partial charge in [0, 0.05) is 50.8 Å². The van der Waals surface area contributed by atoms with Crippen molar-refractivity contribution in [3.63, 3.8) is 0 Å². The molecule has 2 heterocycles. The standard InChI is InChI=1S/C53H41N3/c1-4-14-35(15-5-1)34-54(40-28-30-43-42-21-10-11-24-47(42)55(50(43)33-40)37-17-6-2-7-18-37)39-27-29-41-44-23-13-25-48-52(44)53-49(56(48)38-19-8-3-9-20-38)31-26-36-16-12-22-45(51(36)53)46(41)32-39/h2-3,6-13,16-33,35H,1,4-5,14-15,34H2. The van der Waals surface area contributed by atoms with Gasteiger partial charge < -0.3 is 14.0 Å². The monoisotopic (exact) mass is 719 g/mol. The van der Waals surface area contributed by atoms with Crippen molar-refractivity contribution in [2.75, 3.05) is 11.4 Å². The van der Waals surface area contributed by atoms with Crippen molar-refractivity contribution in [2.24, 2.45) is 5.92 Å². The SMILES string of the molecule is c1ccc(-n2c3ccccc3c3ccc(N(CC4CCCCC4)c4ccc5c(c4)-c4cccc6ccc7c(c46)c4c-5cccc4n7-c4ccccc4)cc32)cc1. The van der Waals surface area contributed by atoms with Crippen molar-refractivity contribution in [3.05, 3.63) is 170 Å². The van der Waals surface area contributed by atoms with Crippen LogP contribution in [0.4, 0.5) is 11.4 Å². The second kappa shape index (κ2) is 12.5. The number of nitrogens with zero attached hydrogens (tertiary/aromatic N) is 3. The van der Waals surface area contributed by atoms with Crippen molar-refractivity contribution in [1.82, 2.24) is 9.13 Å². The highest BCUT2D eigenvalue weighted by molar-refractivity contribution is 6.30. The van der Waals surface area contributed by atoms with Crippen LogP contribution in [0.25, 0.3) is 88.0 Å². The largest absolute Gasteiger partial charge is 0.341 e. The molecular formula is C53H41N3. The predicted molar refractivity (Wildman–Crippen MR) is 237 cm³/mol. The lowest BCUT2D eigenvalue weighted by atomic mass is 9.88. The Morgan fingerprint density at radius 1 is 0.411 bits per heavy atom. The average molecular weight is 720 g/mol. The number of aromatic nitrogens is 2. The number of fused-ring (bicyclic) bond motifs is 6. The minimum atomic E-state index is 0.655. The molecular weight excluding hydrogens is 679 g/mol. The summed E-state index contributed by atoms with van der Waals surface area (Å²) in [5.41, 5.74) is 15.1.